The van der Waals surface area contributed by atoms with E-state index in [0.29, 0.717) is 5.02 Å². The predicted molar refractivity (Wildman–Crippen MR) is 138 cm³/mol. The van der Waals surface area contributed by atoms with Crippen molar-refractivity contribution in [2.45, 2.75) is 18.4 Å². The number of anilines is 1. The number of halogens is 2. The molecule has 1 amide bonds. The van der Waals surface area contributed by atoms with Crippen LogP contribution < -0.4 is 9.62 Å². The minimum absolute atomic E-state index is 0.0456. The number of amides is 1. The zero-order valence-corrected chi connectivity index (χ0v) is 21.1. The van der Waals surface area contributed by atoms with Crippen molar-refractivity contribution in [2.24, 2.45) is 0 Å². The fraction of sp³-hybridized carbons (Fsp3) is 0.120. The number of sulfonamides is 1. The summed E-state index contributed by atoms with van der Waals surface area (Å²) >= 11 is 12.3. The van der Waals surface area contributed by atoms with Crippen LogP contribution in [-0.2, 0) is 21.4 Å². The minimum atomic E-state index is -4.07. The fourth-order valence-electron chi connectivity index (χ4n) is 3.52. The third kappa shape index (κ3) is 5.67. The Balaban J connectivity index is 1.52. The van der Waals surface area contributed by atoms with E-state index in [4.69, 9.17) is 23.2 Å². The first-order valence-corrected chi connectivity index (χ1v) is 12.8. The molecule has 10 heteroatoms. The Morgan fingerprint density at radius 3 is 2.37 bits per heavy atom. The van der Waals surface area contributed by atoms with Crippen LogP contribution in [0, 0.1) is 6.92 Å². The predicted octanol–water partition coefficient (Wildman–Crippen LogP) is 5.00. The van der Waals surface area contributed by atoms with Crippen LogP contribution in [0.5, 0.6) is 0 Å². The maximum atomic E-state index is 13.4. The van der Waals surface area contributed by atoms with Gasteiger partial charge in [-0.25, -0.2) is 13.4 Å². The molecule has 7 nitrogen and oxygen atoms in total. The Morgan fingerprint density at radius 1 is 1.03 bits per heavy atom. The van der Waals surface area contributed by atoms with Crippen LogP contribution in [-0.4, -0.2) is 30.4 Å². The molecule has 4 aromatic rings. The van der Waals surface area contributed by atoms with Gasteiger partial charge < -0.3 is 9.88 Å². The van der Waals surface area contributed by atoms with Crippen molar-refractivity contribution in [3.8, 4) is 5.69 Å². The molecular weight excluding hydrogens is 507 g/mol. The highest BCUT2D eigenvalue weighted by molar-refractivity contribution is 7.92. The van der Waals surface area contributed by atoms with E-state index in [0.717, 1.165) is 21.4 Å². The van der Waals surface area contributed by atoms with E-state index in [2.05, 4.69) is 10.3 Å². The van der Waals surface area contributed by atoms with E-state index in [1.165, 1.54) is 30.3 Å². The van der Waals surface area contributed by atoms with Gasteiger partial charge in [-0.3, -0.25) is 9.10 Å². The summed E-state index contributed by atoms with van der Waals surface area (Å²) in [6, 6.07) is 20.0. The Labute approximate surface area is 214 Å². The Morgan fingerprint density at radius 2 is 1.74 bits per heavy atom. The molecule has 1 heterocycles. The van der Waals surface area contributed by atoms with Gasteiger partial charge in [-0.05, 0) is 55.0 Å². The van der Waals surface area contributed by atoms with Gasteiger partial charge >= 0.3 is 0 Å². The summed E-state index contributed by atoms with van der Waals surface area (Å²) in [4.78, 5) is 17.1. The summed E-state index contributed by atoms with van der Waals surface area (Å²) in [5.41, 5.74) is 1.98. The molecule has 0 aliphatic heterocycles. The molecular formula is C25H22Cl2N4O3S. The zero-order chi connectivity index (χ0) is 25.0. The van der Waals surface area contributed by atoms with Crippen LogP contribution in [0.15, 0.2) is 90.1 Å². The summed E-state index contributed by atoms with van der Waals surface area (Å²) in [5, 5.41) is 3.26. The molecule has 4 rings (SSSR count). The summed E-state index contributed by atoms with van der Waals surface area (Å²) in [6.07, 6.45) is 3.60. The van der Waals surface area contributed by atoms with Crippen molar-refractivity contribution in [1.29, 1.82) is 0 Å². The summed E-state index contributed by atoms with van der Waals surface area (Å²) in [5.74, 6) is 0.386. The van der Waals surface area contributed by atoms with Gasteiger partial charge in [0.15, 0.2) is 0 Å². The van der Waals surface area contributed by atoms with E-state index in [1.54, 1.807) is 24.4 Å². The molecule has 3 aromatic carbocycles. The number of hydrogen-bond donors (Lipinski definition) is 1. The van der Waals surface area contributed by atoms with Gasteiger partial charge in [0, 0.05) is 29.6 Å². The number of rotatable bonds is 8. The van der Waals surface area contributed by atoms with E-state index in [1.807, 2.05) is 42.0 Å². The number of aromatic nitrogens is 2. The van der Waals surface area contributed by atoms with Gasteiger partial charge in [0.25, 0.3) is 10.0 Å². The van der Waals surface area contributed by atoms with Crippen molar-refractivity contribution in [1.82, 2.24) is 14.9 Å². The van der Waals surface area contributed by atoms with Crippen LogP contribution in [0.1, 0.15) is 11.4 Å². The van der Waals surface area contributed by atoms with Crippen molar-refractivity contribution >= 4 is 44.8 Å². The highest BCUT2D eigenvalue weighted by atomic mass is 35.5. The highest BCUT2D eigenvalue weighted by Crippen LogP contribution is 2.32. The van der Waals surface area contributed by atoms with Crippen LogP contribution in [0.25, 0.3) is 5.69 Å². The molecule has 0 bridgehead atoms. The Kier molecular flexibility index (Phi) is 7.45. The standard InChI is InChI=1S/C25H22Cl2N4O3S/c1-18-28-13-14-30(18)21-10-7-19(8-11-21)16-29-25(32)17-31(24-12-9-20(26)15-23(24)27)35(33,34)22-5-3-2-4-6-22/h2-15H,16-17H2,1H3,(H,29,32). The monoisotopic (exact) mass is 528 g/mol. The third-order valence-corrected chi connectivity index (χ3v) is 7.64. The first kappa shape index (κ1) is 24.8. The lowest BCUT2D eigenvalue weighted by Gasteiger charge is -2.25. The molecule has 0 unspecified atom stereocenters. The number of carbonyl (C=O) groups excluding carboxylic acids is 1. The van der Waals surface area contributed by atoms with E-state index in [-0.39, 0.29) is 22.2 Å². The largest absolute Gasteiger partial charge is 0.350 e. The molecule has 0 atom stereocenters. The van der Waals surface area contributed by atoms with Crippen molar-refractivity contribution in [3.05, 3.63) is 107 Å². The van der Waals surface area contributed by atoms with Gasteiger partial charge in [-0.15, -0.1) is 0 Å². The van der Waals surface area contributed by atoms with Gasteiger partial charge in [-0.1, -0.05) is 53.5 Å². The van der Waals surface area contributed by atoms with E-state index in [9.17, 15) is 13.2 Å². The second kappa shape index (κ2) is 10.5. The molecule has 0 saturated heterocycles. The Bertz CT molecular complexity index is 1440. The molecule has 180 valence electrons. The zero-order valence-electron chi connectivity index (χ0n) is 18.7. The molecule has 1 aromatic heterocycles. The number of hydrogen-bond acceptors (Lipinski definition) is 4. The molecule has 0 radical (unpaired) electrons. The number of aryl methyl sites for hydroxylation is 1. The first-order chi connectivity index (χ1) is 16.8. The fourth-order valence-corrected chi connectivity index (χ4v) is 5.54. The second-order valence-corrected chi connectivity index (χ2v) is 10.4. The van der Waals surface area contributed by atoms with Crippen molar-refractivity contribution < 1.29 is 13.2 Å². The van der Waals surface area contributed by atoms with E-state index >= 15 is 0 Å². The van der Waals surface area contributed by atoms with Gasteiger partial charge in [0.05, 0.1) is 15.6 Å². The number of nitrogens with zero attached hydrogens (tertiary/aromatic N) is 3. The second-order valence-electron chi connectivity index (χ2n) is 7.71. The molecule has 0 spiro atoms. The lowest BCUT2D eigenvalue weighted by atomic mass is 10.2. The summed E-state index contributed by atoms with van der Waals surface area (Å²) in [6.45, 7) is 1.69. The molecule has 35 heavy (non-hydrogen) atoms. The van der Waals surface area contributed by atoms with E-state index < -0.39 is 22.5 Å². The SMILES string of the molecule is Cc1nccn1-c1ccc(CNC(=O)CN(c2ccc(Cl)cc2Cl)S(=O)(=O)c2ccccc2)cc1. The minimum Gasteiger partial charge on any atom is -0.350 e. The molecule has 0 aliphatic carbocycles. The van der Waals surface area contributed by atoms with Gasteiger partial charge in [-0.2, -0.15) is 0 Å². The topological polar surface area (TPSA) is 84.3 Å². The molecule has 0 aliphatic rings. The van der Waals surface area contributed by atoms with Crippen molar-refractivity contribution in [2.75, 3.05) is 10.8 Å². The highest BCUT2D eigenvalue weighted by Gasteiger charge is 2.28. The lowest BCUT2D eigenvalue weighted by molar-refractivity contribution is -0.119. The number of imidazole rings is 1. The average molecular weight is 529 g/mol. The maximum absolute atomic E-state index is 13.4. The molecule has 1 N–H and O–H groups in total. The molecule has 0 saturated carbocycles. The van der Waals surface area contributed by atoms with Gasteiger partial charge in [0.2, 0.25) is 5.91 Å². The quantitative estimate of drug-likeness (QED) is 0.348. The lowest BCUT2D eigenvalue weighted by Crippen LogP contribution is -2.40. The van der Waals surface area contributed by atoms with Gasteiger partial charge in [0.1, 0.15) is 12.4 Å². The number of nitrogens with one attached hydrogen (secondary N) is 1. The smallest absolute Gasteiger partial charge is 0.264 e. The average Bonchev–Trinajstić information content (AvgIpc) is 3.28. The van der Waals surface area contributed by atoms with Crippen LogP contribution in [0.2, 0.25) is 10.0 Å². The van der Waals surface area contributed by atoms with Crippen LogP contribution in [0.3, 0.4) is 0 Å². The normalized spacial score (nSPS) is 11.3. The summed E-state index contributed by atoms with van der Waals surface area (Å²) in [7, 11) is -4.07. The summed E-state index contributed by atoms with van der Waals surface area (Å²) < 4.78 is 29.7. The third-order valence-electron chi connectivity index (χ3n) is 5.33. The number of carbonyl (C=O) groups is 1. The van der Waals surface area contributed by atoms with Crippen LogP contribution >= 0.6 is 23.2 Å². The Hall–Kier alpha value is -3.33. The van der Waals surface area contributed by atoms with Crippen molar-refractivity contribution in [3.63, 3.8) is 0 Å². The molecule has 0 fully saturated rings. The maximum Gasteiger partial charge on any atom is 0.264 e. The number of benzene rings is 3. The first-order valence-electron chi connectivity index (χ1n) is 10.6. The van der Waals surface area contributed by atoms with Crippen LogP contribution in [0.4, 0.5) is 5.69 Å².